The molecule has 2 aromatic heterocycles. The summed E-state index contributed by atoms with van der Waals surface area (Å²) in [6.07, 6.45) is 0.931. The summed E-state index contributed by atoms with van der Waals surface area (Å²) in [5.74, 6) is -0.253. The van der Waals surface area contributed by atoms with Crippen molar-refractivity contribution >= 4 is 27.8 Å². The first-order valence-electron chi connectivity index (χ1n) is 8.51. The van der Waals surface area contributed by atoms with Gasteiger partial charge in [0.25, 0.3) is 0 Å². The second-order valence-corrected chi connectivity index (χ2v) is 5.59. The molecule has 1 amide bonds. The Bertz CT molecular complexity index is 956. The third-order valence-corrected chi connectivity index (χ3v) is 3.87. The van der Waals surface area contributed by atoms with Crippen LogP contribution < -0.4 is 10.9 Å². The molecule has 2 heterocycles. The Balaban J connectivity index is 1.81. The van der Waals surface area contributed by atoms with Gasteiger partial charge in [-0.2, -0.15) is 5.10 Å². The summed E-state index contributed by atoms with van der Waals surface area (Å²) >= 11 is 0. The molecule has 0 atom stereocenters. The Morgan fingerprint density at radius 3 is 2.69 bits per heavy atom. The fourth-order valence-corrected chi connectivity index (χ4v) is 2.77. The van der Waals surface area contributed by atoms with E-state index in [4.69, 9.17) is 13.9 Å². The zero-order chi connectivity index (χ0) is 18.5. The van der Waals surface area contributed by atoms with Gasteiger partial charge in [0, 0.05) is 18.6 Å². The van der Waals surface area contributed by atoms with Crippen molar-refractivity contribution in [2.45, 2.75) is 26.7 Å². The Morgan fingerprint density at radius 2 is 1.96 bits per heavy atom. The summed E-state index contributed by atoms with van der Waals surface area (Å²) in [7, 11) is 0. The molecule has 0 spiro atoms. The Kier molecular flexibility index (Phi) is 5.65. The van der Waals surface area contributed by atoms with Gasteiger partial charge >= 0.3 is 5.63 Å². The van der Waals surface area contributed by atoms with Crippen LogP contribution in [0.2, 0.25) is 0 Å². The summed E-state index contributed by atoms with van der Waals surface area (Å²) in [5, 5.41) is 8.02. The number of hydrogen-bond donors (Lipinski definition) is 1. The van der Waals surface area contributed by atoms with E-state index in [9.17, 15) is 9.59 Å². The lowest BCUT2D eigenvalue weighted by atomic mass is 10.2. The highest BCUT2D eigenvalue weighted by atomic mass is 16.7. The number of amides is 1. The lowest BCUT2D eigenvalue weighted by molar-refractivity contribution is -0.140. The number of aromatic nitrogens is 2. The zero-order valence-electron chi connectivity index (χ0n) is 14.7. The van der Waals surface area contributed by atoms with Crippen molar-refractivity contribution in [2.75, 3.05) is 19.8 Å². The number of fused-ring (bicyclic) bond motifs is 3. The van der Waals surface area contributed by atoms with Crippen molar-refractivity contribution in [2.24, 2.45) is 0 Å². The fraction of sp³-hybridized carbons (Fsp3) is 0.389. The number of benzene rings is 1. The van der Waals surface area contributed by atoms with E-state index < -0.39 is 11.9 Å². The number of para-hydroxylation sites is 1. The van der Waals surface area contributed by atoms with E-state index in [0.29, 0.717) is 29.7 Å². The molecule has 1 N–H and O–H groups in total. The molecule has 0 aliphatic carbocycles. The molecule has 3 rings (SSSR count). The smallest absolute Gasteiger partial charge is 0.347 e. The number of carbonyl (C=O) groups is 1. The number of carbonyl (C=O) groups excluding carboxylic acids is 1. The SMILES string of the molecule is CCOC(CNC(=O)Cn1ncc2c(=O)oc3ccccc3c21)OCC. The highest BCUT2D eigenvalue weighted by Crippen LogP contribution is 2.22. The van der Waals surface area contributed by atoms with Crippen molar-refractivity contribution in [3.8, 4) is 0 Å². The zero-order valence-corrected chi connectivity index (χ0v) is 14.7. The second kappa shape index (κ2) is 8.11. The first-order valence-corrected chi connectivity index (χ1v) is 8.51. The van der Waals surface area contributed by atoms with E-state index in [1.165, 1.54) is 10.9 Å². The Labute approximate surface area is 149 Å². The molecule has 0 saturated heterocycles. The fourth-order valence-electron chi connectivity index (χ4n) is 2.77. The number of nitrogens with one attached hydrogen (secondary N) is 1. The van der Waals surface area contributed by atoms with Crippen LogP contribution in [-0.4, -0.2) is 41.7 Å². The molecule has 0 saturated carbocycles. The molecule has 0 radical (unpaired) electrons. The topological polar surface area (TPSA) is 95.6 Å². The second-order valence-electron chi connectivity index (χ2n) is 5.59. The summed E-state index contributed by atoms with van der Waals surface area (Å²) in [6, 6.07) is 7.17. The van der Waals surface area contributed by atoms with E-state index >= 15 is 0 Å². The predicted molar refractivity (Wildman–Crippen MR) is 95.8 cm³/mol. The third kappa shape index (κ3) is 3.76. The quantitative estimate of drug-likeness (QED) is 0.485. The normalized spacial score (nSPS) is 11.5. The molecule has 0 aliphatic heterocycles. The van der Waals surface area contributed by atoms with Gasteiger partial charge in [-0.05, 0) is 26.0 Å². The van der Waals surface area contributed by atoms with Crippen molar-refractivity contribution in [1.82, 2.24) is 15.1 Å². The van der Waals surface area contributed by atoms with E-state index in [2.05, 4.69) is 10.4 Å². The van der Waals surface area contributed by atoms with Crippen LogP contribution in [0.1, 0.15) is 13.8 Å². The molecule has 3 aromatic rings. The minimum atomic E-state index is -0.490. The monoisotopic (exact) mass is 359 g/mol. The van der Waals surface area contributed by atoms with Crippen molar-refractivity contribution in [3.05, 3.63) is 40.9 Å². The van der Waals surface area contributed by atoms with Gasteiger partial charge < -0.3 is 19.2 Å². The van der Waals surface area contributed by atoms with Gasteiger partial charge in [0.15, 0.2) is 6.29 Å². The lowest BCUT2D eigenvalue weighted by Gasteiger charge is -2.17. The van der Waals surface area contributed by atoms with Crippen molar-refractivity contribution in [3.63, 3.8) is 0 Å². The molecule has 0 bridgehead atoms. The summed E-state index contributed by atoms with van der Waals surface area (Å²) in [5.41, 5.74) is 0.566. The molecule has 0 aliphatic rings. The highest BCUT2D eigenvalue weighted by molar-refractivity contribution is 6.02. The van der Waals surface area contributed by atoms with Gasteiger partial charge in [-0.25, -0.2) is 4.79 Å². The maximum Gasteiger partial charge on any atom is 0.347 e. The van der Waals surface area contributed by atoms with E-state index in [1.54, 1.807) is 12.1 Å². The van der Waals surface area contributed by atoms with Crippen LogP contribution >= 0.6 is 0 Å². The molecule has 1 aromatic carbocycles. The maximum atomic E-state index is 12.3. The lowest BCUT2D eigenvalue weighted by Crippen LogP contribution is -2.37. The van der Waals surface area contributed by atoms with Crippen LogP contribution in [0.5, 0.6) is 0 Å². The number of rotatable bonds is 8. The maximum absolute atomic E-state index is 12.3. The molecular formula is C18H21N3O5. The van der Waals surface area contributed by atoms with Gasteiger partial charge in [-0.3, -0.25) is 9.48 Å². The summed E-state index contributed by atoms with van der Waals surface area (Å²) < 4.78 is 17.6. The number of nitrogens with zero attached hydrogens (tertiary/aromatic N) is 2. The standard InChI is InChI=1S/C18H21N3O5/c1-3-24-16(25-4-2)10-19-15(22)11-21-17-12-7-5-6-8-14(12)26-18(23)13(17)9-20-21/h5-9,16H,3-4,10-11H2,1-2H3,(H,19,22). The van der Waals surface area contributed by atoms with Crippen LogP contribution in [0.25, 0.3) is 21.9 Å². The Hall–Kier alpha value is -2.71. The van der Waals surface area contributed by atoms with Crippen LogP contribution in [0.15, 0.2) is 39.7 Å². The first kappa shape index (κ1) is 18.1. The summed E-state index contributed by atoms with van der Waals surface area (Å²) in [6.45, 7) is 4.92. The molecule has 138 valence electrons. The molecule has 0 unspecified atom stereocenters. The summed E-state index contributed by atoms with van der Waals surface area (Å²) in [4.78, 5) is 24.4. The largest absolute Gasteiger partial charge is 0.422 e. The molecule has 0 fully saturated rings. The minimum Gasteiger partial charge on any atom is -0.422 e. The minimum absolute atomic E-state index is 0.0259. The van der Waals surface area contributed by atoms with Gasteiger partial charge in [-0.1, -0.05) is 12.1 Å². The first-order chi connectivity index (χ1) is 12.6. The average Bonchev–Trinajstić information content (AvgIpc) is 3.05. The third-order valence-electron chi connectivity index (χ3n) is 3.87. The number of hydrogen-bond acceptors (Lipinski definition) is 6. The number of ether oxygens (including phenoxy) is 2. The van der Waals surface area contributed by atoms with Crippen LogP contribution in [0.4, 0.5) is 0 Å². The van der Waals surface area contributed by atoms with Gasteiger partial charge in [0.1, 0.15) is 17.5 Å². The highest BCUT2D eigenvalue weighted by Gasteiger charge is 2.16. The molecule has 8 nitrogen and oxygen atoms in total. The van der Waals surface area contributed by atoms with Gasteiger partial charge in [-0.15, -0.1) is 0 Å². The van der Waals surface area contributed by atoms with Gasteiger partial charge in [0.05, 0.1) is 18.3 Å². The average molecular weight is 359 g/mol. The van der Waals surface area contributed by atoms with E-state index in [0.717, 1.165) is 5.39 Å². The van der Waals surface area contributed by atoms with Crippen LogP contribution in [0, 0.1) is 0 Å². The van der Waals surface area contributed by atoms with Crippen molar-refractivity contribution in [1.29, 1.82) is 0 Å². The van der Waals surface area contributed by atoms with Crippen LogP contribution in [0.3, 0.4) is 0 Å². The van der Waals surface area contributed by atoms with Gasteiger partial charge in [0.2, 0.25) is 5.91 Å². The van der Waals surface area contributed by atoms with E-state index in [-0.39, 0.29) is 19.0 Å². The van der Waals surface area contributed by atoms with Crippen molar-refractivity contribution < 1.29 is 18.7 Å². The predicted octanol–water partition coefficient (Wildman–Crippen LogP) is 1.66. The molecular weight excluding hydrogens is 338 g/mol. The van der Waals surface area contributed by atoms with E-state index in [1.807, 2.05) is 26.0 Å². The Morgan fingerprint density at radius 1 is 1.23 bits per heavy atom. The molecule has 8 heteroatoms. The van der Waals surface area contributed by atoms with Crippen LogP contribution in [-0.2, 0) is 20.8 Å². The molecule has 26 heavy (non-hydrogen) atoms.